The summed E-state index contributed by atoms with van der Waals surface area (Å²) >= 11 is 0. The van der Waals surface area contributed by atoms with Gasteiger partial charge < -0.3 is 9.84 Å². The molecule has 0 spiro atoms. The first-order valence-electron chi connectivity index (χ1n) is 11.3. The third-order valence-corrected chi connectivity index (χ3v) is 6.07. The maximum atomic E-state index is 12.4. The van der Waals surface area contributed by atoms with E-state index in [1.165, 1.54) is 13.5 Å². The molecule has 5 nitrogen and oxygen atoms in total. The molecule has 0 amide bonds. The van der Waals surface area contributed by atoms with Crippen molar-refractivity contribution in [2.24, 2.45) is 23.7 Å². The van der Waals surface area contributed by atoms with Crippen molar-refractivity contribution in [2.75, 3.05) is 7.11 Å². The van der Waals surface area contributed by atoms with Gasteiger partial charge in [-0.1, -0.05) is 52.2 Å². The molecule has 1 fully saturated rings. The molecule has 0 heterocycles. The number of unbranched alkanes of at least 4 members (excludes halogenated alkanes) is 2. The van der Waals surface area contributed by atoms with Crippen LogP contribution in [0.2, 0.25) is 0 Å². The molecule has 1 N–H and O–H groups in total. The first-order chi connectivity index (χ1) is 13.8. The van der Waals surface area contributed by atoms with Crippen molar-refractivity contribution in [1.82, 2.24) is 0 Å². The van der Waals surface area contributed by atoms with E-state index in [9.17, 15) is 19.5 Å². The topological polar surface area (TPSA) is 80.7 Å². The van der Waals surface area contributed by atoms with E-state index in [4.69, 9.17) is 0 Å². The Morgan fingerprint density at radius 3 is 2.59 bits per heavy atom. The van der Waals surface area contributed by atoms with Gasteiger partial charge in [-0.05, 0) is 37.0 Å². The predicted molar refractivity (Wildman–Crippen MR) is 114 cm³/mol. The van der Waals surface area contributed by atoms with Gasteiger partial charge in [0, 0.05) is 31.6 Å². The van der Waals surface area contributed by atoms with E-state index in [0.717, 1.165) is 19.3 Å². The molecule has 0 aromatic rings. The van der Waals surface area contributed by atoms with E-state index in [1.54, 1.807) is 0 Å². The number of methoxy groups -OCH3 is 1. The highest BCUT2D eigenvalue weighted by molar-refractivity contribution is 5.90. The fourth-order valence-corrected chi connectivity index (χ4v) is 4.25. The molecule has 0 saturated heterocycles. The minimum absolute atomic E-state index is 0.0158. The van der Waals surface area contributed by atoms with Crippen molar-refractivity contribution in [1.29, 1.82) is 0 Å². The van der Waals surface area contributed by atoms with Crippen LogP contribution in [-0.2, 0) is 19.1 Å². The summed E-state index contributed by atoms with van der Waals surface area (Å²) in [6.07, 6.45) is 10.2. The van der Waals surface area contributed by atoms with Crippen LogP contribution in [0, 0.1) is 23.7 Å². The van der Waals surface area contributed by atoms with Gasteiger partial charge in [0.2, 0.25) is 0 Å². The number of aliphatic hydroxyl groups is 1. The molecule has 0 radical (unpaired) electrons. The maximum absolute atomic E-state index is 12.4. The summed E-state index contributed by atoms with van der Waals surface area (Å²) in [5.41, 5.74) is 0. The Hall–Kier alpha value is -1.49. The van der Waals surface area contributed by atoms with Gasteiger partial charge in [0.25, 0.3) is 0 Å². The Kier molecular flexibility index (Phi) is 12.1. The van der Waals surface area contributed by atoms with Crippen LogP contribution in [0.4, 0.5) is 0 Å². The van der Waals surface area contributed by atoms with E-state index < -0.39 is 6.10 Å². The fraction of sp³-hybridized carbons (Fsp3) is 0.792. The summed E-state index contributed by atoms with van der Waals surface area (Å²) in [6, 6.07) is 0. The predicted octanol–water partition coefficient (Wildman–Crippen LogP) is 4.65. The summed E-state index contributed by atoms with van der Waals surface area (Å²) in [5, 5.41) is 10.3. The number of carbonyl (C=O) groups is 3. The SMILES string of the molecule is CCCC[C@H](C)C[C@H](O)/C=C/[C@H]1[C@H](C)CC(=O)[C@@H]1CC(=O)CCCCC(=O)OC. The Bertz CT molecular complexity index is 553. The highest BCUT2D eigenvalue weighted by atomic mass is 16.5. The van der Waals surface area contributed by atoms with Crippen LogP contribution in [0.5, 0.6) is 0 Å². The van der Waals surface area contributed by atoms with Crippen LogP contribution in [0.3, 0.4) is 0 Å². The minimum atomic E-state index is -0.501. The Labute approximate surface area is 176 Å². The smallest absolute Gasteiger partial charge is 0.305 e. The van der Waals surface area contributed by atoms with Gasteiger partial charge in [-0.3, -0.25) is 14.4 Å². The largest absolute Gasteiger partial charge is 0.469 e. The summed E-state index contributed by atoms with van der Waals surface area (Å²) in [7, 11) is 1.36. The molecular weight excluding hydrogens is 368 g/mol. The molecule has 1 saturated carbocycles. The van der Waals surface area contributed by atoms with Gasteiger partial charge in [0.1, 0.15) is 11.6 Å². The molecule has 5 atom stereocenters. The van der Waals surface area contributed by atoms with Crippen molar-refractivity contribution in [2.45, 2.75) is 91.1 Å². The molecule has 166 valence electrons. The van der Waals surface area contributed by atoms with Gasteiger partial charge in [0.05, 0.1) is 13.2 Å². The molecule has 29 heavy (non-hydrogen) atoms. The standard InChI is InChI=1S/C24H40O5/c1-5-6-9-17(2)14-20(26)12-13-21-18(3)15-23(27)22(21)16-19(25)10-7-8-11-24(28)29-4/h12-13,17-18,20-22,26H,5-11,14-16H2,1-4H3/b13-12+/t17-,18+,20+,21-,22+/m0/s1. The number of carbonyl (C=O) groups excluding carboxylic acids is 3. The van der Waals surface area contributed by atoms with Crippen molar-refractivity contribution in [3.05, 3.63) is 12.2 Å². The first-order valence-corrected chi connectivity index (χ1v) is 11.3. The number of ketones is 2. The van der Waals surface area contributed by atoms with E-state index >= 15 is 0 Å². The zero-order valence-electron chi connectivity index (χ0n) is 18.7. The van der Waals surface area contributed by atoms with Crippen molar-refractivity contribution < 1.29 is 24.2 Å². The maximum Gasteiger partial charge on any atom is 0.305 e. The Morgan fingerprint density at radius 1 is 1.24 bits per heavy atom. The molecular formula is C24H40O5. The molecule has 0 aromatic carbocycles. The van der Waals surface area contributed by atoms with E-state index in [0.29, 0.717) is 38.0 Å². The molecule has 0 unspecified atom stereocenters. The molecule has 0 aromatic heterocycles. The van der Waals surface area contributed by atoms with Gasteiger partial charge in [-0.15, -0.1) is 0 Å². The first kappa shape index (κ1) is 25.5. The summed E-state index contributed by atoms with van der Waals surface area (Å²) < 4.78 is 4.60. The number of hydrogen-bond acceptors (Lipinski definition) is 5. The van der Waals surface area contributed by atoms with Crippen LogP contribution >= 0.6 is 0 Å². The van der Waals surface area contributed by atoms with Crippen LogP contribution in [-0.4, -0.2) is 35.9 Å². The van der Waals surface area contributed by atoms with Crippen LogP contribution < -0.4 is 0 Å². The highest BCUT2D eigenvalue weighted by Crippen LogP contribution is 2.38. The molecule has 1 aliphatic carbocycles. The van der Waals surface area contributed by atoms with E-state index in [2.05, 4.69) is 18.6 Å². The molecule has 1 rings (SSSR count). The summed E-state index contributed by atoms with van der Waals surface area (Å²) in [4.78, 5) is 35.9. The monoisotopic (exact) mass is 408 g/mol. The van der Waals surface area contributed by atoms with Gasteiger partial charge >= 0.3 is 5.97 Å². The second kappa shape index (κ2) is 13.7. The lowest BCUT2D eigenvalue weighted by Gasteiger charge is -2.19. The number of rotatable bonds is 14. The lowest BCUT2D eigenvalue weighted by molar-refractivity contribution is -0.140. The quantitative estimate of drug-likeness (QED) is 0.257. The molecule has 0 aliphatic heterocycles. The second-order valence-electron chi connectivity index (χ2n) is 8.79. The average Bonchev–Trinajstić information content (AvgIpc) is 2.94. The number of allylic oxidation sites excluding steroid dienone is 1. The summed E-state index contributed by atoms with van der Waals surface area (Å²) in [5.74, 6) is 0.377. The number of Topliss-reactive ketones (excluding diaryl/α,β-unsaturated/α-hetero) is 2. The fourth-order valence-electron chi connectivity index (χ4n) is 4.25. The highest BCUT2D eigenvalue weighted by Gasteiger charge is 2.39. The molecule has 1 aliphatic rings. The normalized spacial score (nSPS) is 24.0. The van der Waals surface area contributed by atoms with Crippen molar-refractivity contribution >= 4 is 17.5 Å². The van der Waals surface area contributed by atoms with E-state index in [-0.39, 0.29) is 41.7 Å². The Balaban J connectivity index is 2.52. The number of ether oxygens (including phenoxy) is 1. The van der Waals surface area contributed by atoms with Gasteiger partial charge in [-0.2, -0.15) is 0 Å². The second-order valence-corrected chi connectivity index (χ2v) is 8.79. The number of hydrogen-bond donors (Lipinski definition) is 1. The average molecular weight is 409 g/mol. The van der Waals surface area contributed by atoms with E-state index in [1.807, 2.05) is 19.1 Å². The van der Waals surface area contributed by atoms with Crippen molar-refractivity contribution in [3.63, 3.8) is 0 Å². The van der Waals surface area contributed by atoms with Crippen LogP contribution in [0.15, 0.2) is 12.2 Å². The third-order valence-electron chi connectivity index (χ3n) is 6.07. The Morgan fingerprint density at radius 2 is 1.93 bits per heavy atom. The summed E-state index contributed by atoms with van der Waals surface area (Å²) in [6.45, 7) is 6.38. The van der Waals surface area contributed by atoms with Gasteiger partial charge in [-0.25, -0.2) is 0 Å². The van der Waals surface area contributed by atoms with Crippen LogP contribution in [0.25, 0.3) is 0 Å². The van der Waals surface area contributed by atoms with Gasteiger partial charge in [0.15, 0.2) is 0 Å². The molecule has 5 heteroatoms. The number of aliphatic hydroxyl groups excluding tert-OH is 1. The zero-order chi connectivity index (χ0) is 21.8. The lowest BCUT2D eigenvalue weighted by atomic mass is 9.85. The van der Waals surface area contributed by atoms with Crippen molar-refractivity contribution in [3.8, 4) is 0 Å². The zero-order valence-corrected chi connectivity index (χ0v) is 18.7. The minimum Gasteiger partial charge on any atom is -0.469 e. The molecule has 0 bridgehead atoms. The number of esters is 1. The lowest BCUT2D eigenvalue weighted by Crippen LogP contribution is -2.20. The van der Waals surface area contributed by atoms with Crippen LogP contribution in [0.1, 0.15) is 85.0 Å². The third kappa shape index (κ3) is 9.70.